The summed E-state index contributed by atoms with van der Waals surface area (Å²) in [5.41, 5.74) is 0.174. The minimum Gasteiger partial charge on any atom is -0.497 e. The van der Waals surface area contributed by atoms with Gasteiger partial charge in [0.2, 0.25) is 11.6 Å². The molecule has 1 atom stereocenters. The second-order valence-electron chi connectivity index (χ2n) is 7.56. The Morgan fingerprint density at radius 2 is 1.87 bits per heavy atom. The predicted molar refractivity (Wildman–Crippen MR) is 113 cm³/mol. The van der Waals surface area contributed by atoms with Gasteiger partial charge in [-0.3, -0.25) is 19.3 Å². The van der Waals surface area contributed by atoms with Crippen molar-refractivity contribution in [2.45, 2.75) is 38.3 Å². The Balaban J connectivity index is 1.78. The third-order valence-corrected chi connectivity index (χ3v) is 5.82. The van der Waals surface area contributed by atoms with E-state index in [4.69, 9.17) is 4.74 Å². The molecule has 7 nitrogen and oxygen atoms in total. The highest BCUT2D eigenvalue weighted by atomic mass is 16.5. The van der Waals surface area contributed by atoms with Gasteiger partial charge in [-0.2, -0.15) is 0 Å². The average Bonchev–Trinajstić information content (AvgIpc) is 3.12. The molecule has 0 unspecified atom stereocenters. The van der Waals surface area contributed by atoms with E-state index < -0.39 is 5.66 Å². The lowest BCUT2D eigenvalue weighted by molar-refractivity contribution is -0.129. The van der Waals surface area contributed by atoms with Gasteiger partial charge in [0.1, 0.15) is 5.75 Å². The SMILES string of the molecule is CCCCN1C(=O)c2ccccc2N2C(=O)CC[C@@]12C(=O)Nc1ccc(OC)cc1. The number of hydrogen-bond acceptors (Lipinski definition) is 4. The lowest BCUT2D eigenvalue weighted by Gasteiger charge is -2.49. The van der Waals surface area contributed by atoms with Crippen LogP contribution in [0, 0.1) is 0 Å². The van der Waals surface area contributed by atoms with Gasteiger partial charge in [0.05, 0.1) is 18.4 Å². The van der Waals surface area contributed by atoms with Crippen LogP contribution in [0.2, 0.25) is 0 Å². The lowest BCUT2D eigenvalue weighted by atomic mass is 9.95. The Labute approximate surface area is 175 Å². The molecule has 0 bridgehead atoms. The molecule has 0 aromatic heterocycles. The van der Waals surface area contributed by atoms with E-state index in [0.717, 1.165) is 12.8 Å². The van der Waals surface area contributed by atoms with Crippen molar-refractivity contribution in [3.05, 3.63) is 54.1 Å². The first-order valence-corrected chi connectivity index (χ1v) is 10.2. The fourth-order valence-corrected chi connectivity index (χ4v) is 4.31. The summed E-state index contributed by atoms with van der Waals surface area (Å²) in [6, 6.07) is 14.0. The molecule has 2 aromatic carbocycles. The van der Waals surface area contributed by atoms with Gasteiger partial charge in [-0.1, -0.05) is 25.5 Å². The second-order valence-corrected chi connectivity index (χ2v) is 7.56. The first-order chi connectivity index (χ1) is 14.5. The van der Waals surface area contributed by atoms with Crippen LogP contribution in [0.15, 0.2) is 48.5 Å². The molecule has 0 saturated carbocycles. The summed E-state index contributed by atoms with van der Waals surface area (Å²) in [5, 5.41) is 2.92. The molecule has 2 aliphatic rings. The summed E-state index contributed by atoms with van der Waals surface area (Å²) in [7, 11) is 1.57. The molecule has 1 N–H and O–H groups in total. The van der Waals surface area contributed by atoms with Crippen molar-refractivity contribution in [3.8, 4) is 5.75 Å². The van der Waals surface area contributed by atoms with Crippen LogP contribution in [-0.2, 0) is 9.59 Å². The number of unbranched alkanes of at least 4 members (excludes halogenated alkanes) is 1. The van der Waals surface area contributed by atoms with Crippen molar-refractivity contribution in [1.82, 2.24) is 4.90 Å². The summed E-state index contributed by atoms with van der Waals surface area (Å²) >= 11 is 0. The Morgan fingerprint density at radius 3 is 2.57 bits per heavy atom. The van der Waals surface area contributed by atoms with Gasteiger partial charge in [0, 0.05) is 25.1 Å². The van der Waals surface area contributed by atoms with Gasteiger partial charge in [-0.15, -0.1) is 0 Å². The molecular formula is C23H25N3O4. The number of nitrogens with one attached hydrogen (secondary N) is 1. The molecule has 1 fully saturated rings. The molecule has 156 valence electrons. The largest absolute Gasteiger partial charge is 0.497 e. The third kappa shape index (κ3) is 3.01. The zero-order valence-electron chi connectivity index (χ0n) is 17.2. The summed E-state index contributed by atoms with van der Waals surface area (Å²) in [4.78, 5) is 43.1. The van der Waals surface area contributed by atoms with E-state index in [2.05, 4.69) is 5.32 Å². The minimum absolute atomic E-state index is 0.152. The van der Waals surface area contributed by atoms with Crippen LogP contribution in [0.3, 0.4) is 0 Å². The number of ether oxygens (including phenoxy) is 1. The van der Waals surface area contributed by atoms with E-state index in [1.807, 2.05) is 6.92 Å². The number of benzene rings is 2. The highest BCUT2D eigenvalue weighted by molar-refractivity contribution is 6.18. The zero-order chi connectivity index (χ0) is 21.3. The van der Waals surface area contributed by atoms with Gasteiger partial charge >= 0.3 is 0 Å². The third-order valence-electron chi connectivity index (χ3n) is 5.82. The van der Waals surface area contributed by atoms with Crippen molar-refractivity contribution in [1.29, 1.82) is 0 Å². The molecule has 0 radical (unpaired) electrons. The molecule has 7 heteroatoms. The highest BCUT2D eigenvalue weighted by Gasteiger charge is 2.60. The minimum atomic E-state index is -1.36. The van der Waals surface area contributed by atoms with Crippen molar-refractivity contribution < 1.29 is 19.1 Å². The van der Waals surface area contributed by atoms with E-state index in [9.17, 15) is 14.4 Å². The molecule has 3 amide bonds. The maximum atomic E-state index is 13.7. The Hall–Kier alpha value is -3.35. The number of nitrogens with zero attached hydrogens (tertiary/aromatic N) is 2. The van der Waals surface area contributed by atoms with E-state index >= 15 is 0 Å². The van der Waals surface area contributed by atoms with E-state index in [1.54, 1.807) is 60.5 Å². The highest BCUT2D eigenvalue weighted by Crippen LogP contribution is 2.45. The van der Waals surface area contributed by atoms with Crippen LogP contribution in [0.25, 0.3) is 0 Å². The normalized spacial score (nSPS) is 20.1. The van der Waals surface area contributed by atoms with Gasteiger partial charge in [0.25, 0.3) is 11.8 Å². The molecule has 1 saturated heterocycles. The van der Waals surface area contributed by atoms with E-state index in [0.29, 0.717) is 29.2 Å². The number of hydrogen-bond donors (Lipinski definition) is 1. The fourth-order valence-electron chi connectivity index (χ4n) is 4.31. The average molecular weight is 407 g/mol. The molecule has 0 aliphatic carbocycles. The van der Waals surface area contributed by atoms with Crippen molar-refractivity contribution in [2.24, 2.45) is 0 Å². The summed E-state index contributed by atoms with van der Waals surface area (Å²) in [6.07, 6.45) is 2.08. The summed E-state index contributed by atoms with van der Waals surface area (Å²) < 4.78 is 5.17. The standard InChI is InChI=1S/C23H25N3O4/c1-3-4-15-25-21(28)18-7-5-6-8-19(18)26-20(27)13-14-23(25,26)22(29)24-16-9-11-17(30-2)12-10-16/h5-12H,3-4,13-15H2,1-2H3,(H,24,29)/t23-/m1/s1. The first kappa shape index (κ1) is 19.9. The number of amides is 3. The van der Waals surface area contributed by atoms with E-state index in [-0.39, 0.29) is 30.6 Å². The monoisotopic (exact) mass is 407 g/mol. The Morgan fingerprint density at radius 1 is 1.13 bits per heavy atom. The Bertz CT molecular complexity index is 988. The number of carbonyl (C=O) groups excluding carboxylic acids is 3. The molecule has 30 heavy (non-hydrogen) atoms. The van der Waals surface area contributed by atoms with Crippen molar-refractivity contribution in [3.63, 3.8) is 0 Å². The fraction of sp³-hybridized carbons (Fsp3) is 0.348. The van der Waals surface area contributed by atoms with Gasteiger partial charge in [-0.25, -0.2) is 0 Å². The number of carbonyl (C=O) groups is 3. The number of para-hydroxylation sites is 1. The van der Waals surface area contributed by atoms with Gasteiger partial charge in [-0.05, 0) is 42.8 Å². The summed E-state index contributed by atoms with van der Waals surface area (Å²) in [5.74, 6) is -0.0659. The van der Waals surface area contributed by atoms with Crippen LogP contribution < -0.4 is 15.0 Å². The molecule has 2 aromatic rings. The smallest absolute Gasteiger partial charge is 0.271 e. The molecule has 4 rings (SSSR count). The van der Waals surface area contributed by atoms with Crippen LogP contribution in [0.1, 0.15) is 43.0 Å². The number of methoxy groups -OCH3 is 1. The molecule has 0 spiro atoms. The Kier molecular flexibility index (Phi) is 5.20. The molecular weight excluding hydrogens is 382 g/mol. The predicted octanol–water partition coefficient (Wildman–Crippen LogP) is 3.41. The molecule has 2 heterocycles. The number of anilines is 2. The lowest BCUT2D eigenvalue weighted by Crippen LogP contribution is -2.69. The van der Waals surface area contributed by atoms with Gasteiger partial charge in [0.15, 0.2) is 0 Å². The quantitative estimate of drug-likeness (QED) is 0.796. The first-order valence-electron chi connectivity index (χ1n) is 10.2. The van der Waals surface area contributed by atoms with Gasteiger partial charge < -0.3 is 15.0 Å². The van der Waals surface area contributed by atoms with E-state index in [1.165, 1.54) is 4.90 Å². The molecule has 2 aliphatic heterocycles. The van der Waals surface area contributed by atoms with Crippen LogP contribution in [0.5, 0.6) is 5.75 Å². The van der Waals surface area contributed by atoms with Crippen molar-refractivity contribution >= 4 is 29.1 Å². The van der Waals surface area contributed by atoms with Crippen LogP contribution in [0.4, 0.5) is 11.4 Å². The summed E-state index contributed by atoms with van der Waals surface area (Å²) in [6.45, 7) is 2.44. The second kappa shape index (κ2) is 7.82. The van der Waals surface area contributed by atoms with Crippen molar-refractivity contribution in [2.75, 3.05) is 23.9 Å². The maximum Gasteiger partial charge on any atom is 0.271 e. The topological polar surface area (TPSA) is 79.0 Å². The maximum absolute atomic E-state index is 13.7. The van der Waals surface area contributed by atoms with Crippen LogP contribution >= 0.6 is 0 Å². The number of fused-ring (bicyclic) bond motifs is 3. The number of rotatable bonds is 6. The van der Waals surface area contributed by atoms with Crippen LogP contribution in [-0.4, -0.2) is 41.9 Å². The zero-order valence-corrected chi connectivity index (χ0v) is 17.2.